The molecule has 0 aromatic carbocycles. The largest absolute Gasteiger partial charge is 0.481 e. The van der Waals surface area contributed by atoms with Crippen molar-refractivity contribution < 1.29 is 43.1 Å². The van der Waals surface area contributed by atoms with Crippen molar-refractivity contribution in [1.82, 2.24) is 5.32 Å². The van der Waals surface area contributed by atoms with Gasteiger partial charge in [0.2, 0.25) is 5.91 Å². The first-order valence-corrected chi connectivity index (χ1v) is 12.2. The Balaban J connectivity index is 3.08. The minimum Gasteiger partial charge on any atom is -0.481 e. The van der Waals surface area contributed by atoms with Gasteiger partial charge in [-0.25, -0.2) is 0 Å². The first-order chi connectivity index (χ1) is 16.2. The van der Waals surface area contributed by atoms with Gasteiger partial charge in [-0.3, -0.25) is 9.59 Å². The molecule has 0 aromatic rings. The van der Waals surface area contributed by atoms with Crippen molar-refractivity contribution >= 4 is 23.5 Å². The first kappa shape index (κ1) is 32.0. The highest BCUT2D eigenvalue weighted by Gasteiger charge is 2.04. The molecule has 0 aliphatic carbocycles. The second kappa shape index (κ2) is 27.2. The van der Waals surface area contributed by atoms with Gasteiger partial charge in [0.15, 0.2) is 0 Å². The molecule has 0 rings (SSSR count). The fourth-order valence-electron chi connectivity index (χ4n) is 2.43. The van der Waals surface area contributed by atoms with E-state index in [9.17, 15) is 9.59 Å². The van der Waals surface area contributed by atoms with Crippen LogP contribution < -0.4 is 5.32 Å². The minimum atomic E-state index is -0.988. The van der Waals surface area contributed by atoms with Crippen molar-refractivity contribution in [1.29, 1.82) is 0 Å². The zero-order valence-corrected chi connectivity index (χ0v) is 20.5. The van der Waals surface area contributed by atoms with Gasteiger partial charge >= 0.3 is 5.97 Å². The molecule has 2 N–H and O–H groups in total. The zero-order chi connectivity index (χ0) is 24.2. The molecular formula is C22H42ClNO9. The van der Waals surface area contributed by atoms with Crippen LogP contribution in [0.4, 0.5) is 0 Å². The Labute approximate surface area is 202 Å². The summed E-state index contributed by atoms with van der Waals surface area (Å²) >= 11 is 5.63. The molecule has 0 radical (unpaired) electrons. The molecule has 1 amide bonds. The van der Waals surface area contributed by atoms with Crippen LogP contribution in [-0.4, -0.2) is 109 Å². The molecule has 11 heteroatoms. The van der Waals surface area contributed by atoms with Gasteiger partial charge in [-0.15, -0.1) is 11.6 Å². The number of carbonyl (C=O) groups is 2. The second-order valence-electron chi connectivity index (χ2n) is 7.02. The SMILES string of the molecule is O=C(O)CCC(=O)NCCOCCOCCOCCOCCOCCOCCCCCCCl. The number of halogens is 1. The molecule has 0 saturated carbocycles. The van der Waals surface area contributed by atoms with Crippen LogP contribution in [0.2, 0.25) is 0 Å². The number of hydrogen-bond acceptors (Lipinski definition) is 8. The third-order valence-electron chi connectivity index (χ3n) is 4.17. The van der Waals surface area contributed by atoms with Crippen LogP contribution in [0.15, 0.2) is 0 Å². The third kappa shape index (κ3) is 29.0. The number of hydrogen-bond donors (Lipinski definition) is 2. The molecule has 0 bridgehead atoms. The molecule has 0 aliphatic rings. The summed E-state index contributed by atoms with van der Waals surface area (Å²) in [6.45, 7) is 6.48. The van der Waals surface area contributed by atoms with Crippen LogP contribution in [0, 0.1) is 0 Å². The molecule has 0 atom stereocenters. The summed E-state index contributed by atoms with van der Waals surface area (Å²) in [7, 11) is 0. The molecule has 196 valence electrons. The summed E-state index contributed by atoms with van der Waals surface area (Å²) in [5.41, 5.74) is 0. The van der Waals surface area contributed by atoms with Gasteiger partial charge in [0, 0.05) is 25.5 Å². The Bertz CT molecular complexity index is 444. The maximum Gasteiger partial charge on any atom is 0.303 e. The van der Waals surface area contributed by atoms with E-state index < -0.39 is 5.97 Å². The maximum atomic E-state index is 11.3. The summed E-state index contributed by atoms with van der Waals surface area (Å²) < 4.78 is 32.4. The van der Waals surface area contributed by atoms with Gasteiger partial charge in [-0.05, 0) is 12.8 Å². The minimum absolute atomic E-state index is 0.0245. The van der Waals surface area contributed by atoms with Crippen LogP contribution in [0.1, 0.15) is 38.5 Å². The zero-order valence-electron chi connectivity index (χ0n) is 19.7. The molecule has 10 nitrogen and oxygen atoms in total. The third-order valence-corrected chi connectivity index (χ3v) is 4.43. The van der Waals surface area contributed by atoms with E-state index in [1.165, 1.54) is 0 Å². The van der Waals surface area contributed by atoms with Crippen molar-refractivity contribution in [3.05, 3.63) is 0 Å². The van der Waals surface area contributed by atoms with Crippen LogP contribution in [0.25, 0.3) is 0 Å². The molecule has 0 unspecified atom stereocenters. The maximum absolute atomic E-state index is 11.3. The summed E-state index contributed by atoms with van der Waals surface area (Å²) in [4.78, 5) is 21.6. The second-order valence-corrected chi connectivity index (χ2v) is 7.40. The summed E-state index contributed by atoms with van der Waals surface area (Å²) in [6.07, 6.45) is 4.27. The van der Waals surface area contributed by atoms with Gasteiger partial charge in [-0.1, -0.05) is 12.8 Å². The average molecular weight is 500 g/mol. The number of alkyl halides is 1. The Morgan fingerprint density at radius 2 is 1.00 bits per heavy atom. The number of unbranched alkanes of at least 4 members (excludes halogenated alkanes) is 3. The van der Waals surface area contributed by atoms with Gasteiger partial charge in [0.05, 0.1) is 79.1 Å². The molecule has 0 aliphatic heterocycles. The van der Waals surface area contributed by atoms with Gasteiger partial charge in [0.1, 0.15) is 0 Å². The van der Waals surface area contributed by atoms with Gasteiger partial charge in [-0.2, -0.15) is 0 Å². The van der Waals surface area contributed by atoms with Crippen molar-refractivity contribution in [2.24, 2.45) is 0 Å². The highest BCUT2D eigenvalue weighted by atomic mass is 35.5. The van der Waals surface area contributed by atoms with Crippen LogP contribution in [-0.2, 0) is 38.0 Å². The smallest absolute Gasteiger partial charge is 0.303 e. The Hall–Kier alpha value is -1.01. The van der Waals surface area contributed by atoms with Crippen LogP contribution in [0.3, 0.4) is 0 Å². The Morgan fingerprint density at radius 1 is 0.576 bits per heavy atom. The van der Waals surface area contributed by atoms with Crippen LogP contribution >= 0.6 is 11.6 Å². The number of carbonyl (C=O) groups excluding carboxylic acids is 1. The topological polar surface area (TPSA) is 122 Å². The van der Waals surface area contributed by atoms with E-state index in [4.69, 9.17) is 45.1 Å². The van der Waals surface area contributed by atoms with E-state index in [1.807, 2.05) is 0 Å². The Morgan fingerprint density at radius 3 is 1.45 bits per heavy atom. The van der Waals surface area contributed by atoms with E-state index in [0.717, 1.165) is 38.2 Å². The van der Waals surface area contributed by atoms with E-state index in [0.29, 0.717) is 79.2 Å². The number of ether oxygens (including phenoxy) is 6. The standard InChI is InChI=1S/C22H42ClNO9/c23-7-3-1-2-4-9-28-11-13-30-15-17-32-19-20-33-18-16-31-14-12-29-10-8-24-21(25)5-6-22(26)27/h1-20H2,(H,24,25)(H,26,27). The molecular weight excluding hydrogens is 458 g/mol. The average Bonchev–Trinajstić information content (AvgIpc) is 2.80. The monoisotopic (exact) mass is 499 g/mol. The lowest BCUT2D eigenvalue weighted by molar-refractivity contribution is -0.138. The first-order valence-electron chi connectivity index (χ1n) is 11.7. The fraction of sp³-hybridized carbons (Fsp3) is 0.909. The van der Waals surface area contributed by atoms with E-state index in [1.54, 1.807) is 0 Å². The molecule has 0 heterocycles. The van der Waals surface area contributed by atoms with Crippen molar-refractivity contribution in [3.63, 3.8) is 0 Å². The number of nitrogens with one attached hydrogen (secondary N) is 1. The number of rotatable bonds is 27. The molecule has 0 aromatic heterocycles. The predicted molar refractivity (Wildman–Crippen MR) is 124 cm³/mol. The molecule has 0 spiro atoms. The van der Waals surface area contributed by atoms with E-state index >= 15 is 0 Å². The normalized spacial score (nSPS) is 11.1. The van der Waals surface area contributed by atoms with E-state index in [-0.39, 0.29) is 18.7 Å². The number of carboxylic acid groups (broad SMARTS) is 1. The number of aliphatic carboxylic acids is 1. The number of carboxylic acids is 1. The predicted octanol–water partition coefficient (Wildman–Crippen LogP) is 1.87. The molecule has 0 fully saturated rings. The lowest BCUT2D eigenvalue weighted by atomic mass is 10.2. The lowest BCUT2D eigenvalue weighted by Gasteiger charge is -2.08. The highest BCUT2D eigenvalue weighted by molar-refractivity contribution is 6.17. The van der Waals surface area contributed by atoms with E-state index in [2.05, 4.69) is 5.32 Å². The number of amides is 1. The molecule has 33 heavy (non-hydrogen) atoms. The quantitative estimate of drug-likeness (QED) is 0.129. The van der Waals surface area contributed by atoms with Crippen LogP contribution in [0.5, 0.6) is 0 Å². The van der Waals surface area contributed by atoms with Gasteiger partial charge in [0.25, 0.3) is 0 Å². The molecule has 0 saturated heterocycles. The Kier molecular flexibility index (Phi) is 26.4. The fourth-order valence-corrected chi connectivity index (χ4v) is 2.61. The van der Waals surface area contributed by atoms with Crippen molar-refractivity contribution in [2.45, 2.75) is 38.5 Å². The highest BCUT2D eigenvalue weighted by Crippen LogP contribution is 2.01. The van der Waals surface area contributed by atoms with Crippen molar-refractivity contribution in [2.75, 3.05) is 91.7 Å². The summed E-state index contributed by atoms with van der Waals surface area (Å²) in [6, 6.07) is 0. The van der Waals surface area contributed by atoms with Gasteiger partial charge < -0.3 is 38.8 Å². The summed E-state index contributed by atoms with van der Waals surface area (Å²) in [5, 5.41) is 11.1. The summed E-state index contributed by atoms with van der Waals surface area (Å²) in [5.74, 6) is -0.547. The van der Waals surface area contributed by atoms with Crippen molar-refractivity contribution in [3.8, 4) is 0 Å². The lowest BCUT2D eigenvalue weighted by Crippen LogP contribution is -2.27.